The van der Waals surface area contributed by atoms with Crippen LogP contribution in [0, 0.1) is 6.92 Å². The van der Waals surface area contributed by atoms with Crippen LogP contribution in [0.15, 0.2) is 29.1 Å². The SMILES string of the molecule is CCCc1nn(C)c2c(=O)n(CCOc3ccc(CC(OCC)C(=O)O)cc3)c(C)nc12.CNC[C@H](O)[C@@H](O)[C@H](O)[C@H](O)CO. The maximum Gasteiger partial charge on any atom is 0.333 e. The van der Waals surface area contributed by atoms with E-state index >= 15 is 0 Å². The zero-order valence-corrected chi connectivity index (χ0v) is 26.5. The third-order valence-corrected chi connectivity index (χ3v) is 7.00. The van der Waals surface area contributed by atoms with Crippen molar-refractivity contribution >= 4 is 17.0 Å². The van der Waals surface area contributed by atoms with Crippen molar-refractivity contribution < 1.29 is 44.9 Å². The van der Waals surface area contributed by atoms with E-state index in [0.29, 0.717) is 42.4 Å². The minimum Gasteiger partial charge on any atom is -0.492 e. The molecular formula is C30H47N5O10. The summed E-state index contributed by atoms with van der Waals surface area (Å²) in [6, 6.07) is 7.21. The molecule has 0 amide bonds. The summed E-state index contributed by atoms with van der Waals surface area (Å²) in [7, 11) is 3.34. The predicted octanol–water partition coefficient (Wildman–Crippen LogP) is -0.856. The van der Waals surface area contributed by atoms with Crippen molar-refractivity contribution in [2.75, 3.05) is 33.4 Å². The van der Waals surface area contributed by atoms with E-state index in [1.54, 1.807) is 42.4 Å². The van der Waals surface area contributed by atoms with E-state index in [9.17, 15) is 19.8 Å². The standard InChI is InChI=1S/C23H30N4O5.C7H17NO5/c1-5-7-18-20-21(26(4)25-18)22(28)27(15(3)24-20)12-13-32-17-10-8-16(9-11-17)14-19(23(29)30)31-6-2;1-8-2-4(10)6(12)7(13)5(11)3-9/h8-11,19H,5-7,12-14H2,1-4H3,(H,29,30);4-13H,2-3H2,1H3/t;4-,5+,6+,7+/m.0/s1. The van der Waals surface area contributed by atoms with E-state index in [1.807, 2.05) is 19.1 Å². The third kappa shape index (κ3) is 10.6. The Morgan fingerprint density at radius 1 is 1.07 bits per heavy atom. The minimum absolute atomic E-state index is 0.0936. The Hall–Kier alpha value is -3.44. The van der Waals surface area contributed by atoms with Crippen LogP contribution in [0.4, 0.5) is 0 Å². The van der Waals surface area contributed by atoms with E-state index in [-0.39, 0.29) is 18.5 Å². The maximum atomic E-state index is 13.0. The van der Waals surface area contributed by atoms with Crippen molar-refractivity contribution in [1.82, 2.24) is 24.6 Å². The average molecular weight is 638 g/mol. The molecule has 7 N–H and O–H groups in total. The fraction of sp³-hybridized carbons (Fsp3) is 0.600. The fourth-order valence-corrected chi connectivity index (χ4v) is 4.59. The molecule has 0 saturated heterocycles. The molecule has 5 atom stereocenters. The summed E-state index contributed by atoms with van der Waals surface area (Å²) in [6.07, 6.45) is -4.51. The van der Waals surface area contributed by atoms with Gasteiger partial charge in [0.25, 0.3) is 5.56 Å². The van der Waals surface area contributed by atoms with Gasteiger partial charge in [0.15, 0.2) is 11.6 Å². The number of hydrogen-bond acceptors (Lipinski definition) is 12. The first-order valence-electron chi connectivity index (χ1n) is 14.9. The second kappa shape index (κ2) is 18.5. The Morgan fingerprint density at radius 2 is 1.71 bits per heavy atom. The van der Waals surface area contributed by atoms with Crippen molar-refractivity contribution in [2.24, 2.45) is 7.05 Å². The number of aliphatic hydroxyl groups excluding tert-OH is 5. The smallest absolute Gasteiger partial charge is 0.333 e. The Bertz CT molecular complexity index is 1390. The lowest BCUT2D eigenvalue weighted by Crippen LogP contribution is -2.48. The van der Waals surface area contributed by atoms with Gasteiger partial charge in [-0.2, -0.15) is 5.10 Å². The van der Waals surface area contributed by atoms with Crippen molar-refractivity contribution in [2.45, 2.75) is 77.1 Å². The van der Waals surface area contributed by atoms with Gasteiger partial charge in [0.05, 0.1) is 24.9 Å². The largest absolute Gasteiger partial charge is 0.492 e. The van der Waals surface area contributed by atoms with E-state index in [0.717, 1.165) is 24.1 Å². The van der Waals surface area contributed by atoms with Crippen LogP contribution in [0.2, 0.25) is 0 Å². The number of aryl methyl sites for hydroxylation is 3. The summed E-state index contributed by atoms with van der Waals surface area (Å²) >= 11 is 0. The Labute approximate surface area is 261 Å². The first-order chi connectivity index (χ1) is 21.4. The van der Waals surface area contributed by atoms with Crippen LogP contribution in [0.3, 0.4) is 0 Å². The highest BCUT2D eigenvalue weighted by atomic mass is 16.5. The molecule has 15 heteroatoms. The summed E-state index contributed by atoms with van der Waals surface area (Å²) < 4.78 is 14.3. The van der Waals surface area contributed by atoms with Crippen LogP contribution < -0.4 is 15.6 Å². The minimum atomic E-state index is -1.55. The number of aliphatic hydroxyl groups is 5. The van der Waals surface area contributed by atoms with Crippen LogP contribution >= 0.6 is 0 Å². The second-order valence-corrected chi connectivity index (χ2v) is 10.5. The van der Waals surface area contributed by atoms with E-state index in [1.165, 1.54) is 0 Å². The molecule has 0 aliphatic heterocycles. The lowest BCUT2D eigenvalue weighted by atomic mass is 10.0. The molecule has 45 heavy (non-hydrogen) atoms. The molecule has 1 unspecified atom stereocenters. The van der Waals surface area contributed by atoms with Crippen molar-refractivity contribution in [1.29, 1.82) is 0 Å². The molecule has 0 spiro atoms. The second-order valence-electron chi connectivity index (χ2n) is 10.5. The monoisotopic (exact) mass is 637 g/mol. The Kier molecular flexibility index (Phi) is 15.5. The topological polar surface area (TPSA) is 222 Å². The number of carboxylic acids is 1. The summed E-state index contributed by atoms with van der Waals surface area (Å²) in [5, 5.41) is 61.2. The molecule has 252 valence electrons. The molecule has 1 aromatic carbocycles. The number of carboxylic acid groups (broad SMARTS) is 1. The number of benzene rings is 1. The van der Waals surface area contributed by atoms with Gasteiger partial charge in [0.2, 0.25) is 0 Å². The number of nitrogens with zero attached hydrogens (tertiary/aromatic N) is 4. The molecular weight excluding hydrogens is 590 g/mol. The number of aliphatic carboxylic acids is 1. The molecule has 0 bridgehead atoms. The van der Waals surface area contributed by atoms with Gasteiger partial charge < -0.3 is 45.4 Å². The summed E-state index contributed by atoms with van der Waals surface area (Å²) in [5.41, 5.74) is 2.75. The van der Waals surface area contributed by atoms with Crippen LogP contribution in [-0.2, 0) is 36.0 Å². The number of ether oxygens (including phenoxy) is 2. The summed E-state index contributed by atoms with van der Waals surface area (Å²) in [6.45, 7) is 6.08. The summed E-state index contributed by atoms with van der Waals surface area (Å²) in [4.78, 5) is 28.9. The number of likely N-dealkylation sites (N-methyl/N-ethyl adjacent to an activating group) is 1. The van der Waals surface area contributed by atoms with Gasteiger partial charge >= 0.3 is 5.97 Å². The van der Waals surface area contributed by atoms with Gasteiger partial charge in [0, 0.05) is 26.6 Å². The summed E-state index contributed by atoms with van der Waals surface area (Å²) in [5.74, 6) is 0.291. The van der Waals surface area contributed by atoms with Gasteiger partial charge in [-0.3, -0.25) is 14.0 Å². The molecule has 2 heterocycles. The highest BCUT2D eigenvalue weighted by Crippen LogP contribution is 2.16. The normalized spacial score (nSPS) is 14.7. The molecule has 3 aromatic rings. The van der Waals surface area contributed by atoms with Gasteiger partial charge in [-0.1, -0.05) is 25.5 Å². The number of aromatic nitrogens is 4. The molecule has 15 nitrogen and oxygen atoms in total. The Morgan fingerprint density at radius 3 is 2.27 bits per heavy atom. The molecule has 0 saturated carbocycles. The number of rotatable bonds is 17. The molecule has 0 aliphatic carbocycles. The molecule has 0 radical (unpaired) electrons. The van der Waals surface area contributed by atoms with Gasteiger partial charge in [-0.05, 0) is 45.0 Å². The molecule has 2 aromatic heterocycles. The zero-order valence-electron chi connectivity index (χ0n) is 26.5. The molecule has 3 rings (SSSR count). The lowest BCUT2D eigenvalue weighted by Gasteiger charge is -2.25. The first kappa shape index (κ1) is 37.7. The molecule has 0 fully saturated rings. The maximum absolute atomic E-state index is 13.0. The van der Waals surface area contributed by atoms with Crippen LogP contribution in [-0.4, -0.2) is 120 Å². The number of hydrogen-bond donors (Lipinski definition) is 7. The first-order valence-corrected chi connectivity index (χ1v) is 14.9. The van der Waals surface area contributed by atoms with Gasteiger partial charge in [-0.15, -0.1) is 0 Å². The fourth-order valence-electron chi connectivity index (χ4n) is 4.59. The van der Waals surface area contributed by atoms with Crippen molar-refractivity contribution in [3.63, 3.8) is 0 Å². The highest BCUT2D eigenvalue weighted by molar-refractivity contribution is 5.76. The Balaban J connectivity index is 0.000000459. The predicted molar refractivity (Wildman–Crippen MR) is 165 cm³/mol. The number of fused-ring (bicyclic) bond motifs is 1. The average Bonchev–Trinajstić information content (AvgIpc) is 3.32. The van der Waals surface area contributed by atoms with Crippen LogP contribution in [0.1, 0.15) is 37.4 Å². The van der Waals surface area contributed by atoms with Crippen molar-refractivity contribution in [3.05, 3.63) is 51.7 Å². The third-order valence-electron chi connectivity index (χ3n) is 7.00. The number of carbonyl (C=O) groups is 1. The zero-order chi connectivity index (χ0) is 33.7. The van der Waals surface area contributed by atoms with E-state index in [4.69, 9.17) is 29.9 Å². The highest BCUT2D eigenvalue weighted by Gasteiger charge is 2.29. The lowest BCUT2D eigenvalue weighted by molar-refractivity contribution is -0.149. The quantitative estimate of drug-likeness (QED) is 0.0959. The van der Waals surface area contributed by atoms with E-state index in [2.05, 4.69) is 22.3 Å². The van der Waals surface area contributed by atoms with E-state index < -0.39 is 43.1 Å². The van der Waals surface area contributed by atoms with Gasteiger partial charge in [-0.25, -0.2) is 9.78 Å². The number of nitrogens with one attached hydrogen (secondary N) is 1. The van der Waals surface area contributed by atoms with Crippen molar-refractivity contribution in [3.8, 4) is 5.75 Å². The van der Waals surface area contributed by atoms with Crippen LogP contribution in [0.25, 0.3) is 11.0 Å². The van der Waals surface area contributed by atoms with Gasteiger partial charge in [0.1, 0.15) is 42.0 Å². The van der Waals surface area contributed by atoms with Crippen LogP contribution in [0.5, 0.6) is 5.75 Å². The molecule has 0 aliphatic rings.